The summed E-state index contributed by atoms with van der Waals surface area (Å²) in [6.07, 6.45) is 1.00. The van der Waals surface area contributed by atoms with Gasteiger partial charge in [-0.25, -0.2) is 4.68 Å². The molecule has 3 heterocycles. The third-order valence-corrected chi connectivity index (χ3v) is 4.14. The lowest BCUT2D eigenvalue weighted by molar-refractivity contribution is 0.194. The monoisotopic (exact) mass is 355 g/mol. The van der Waals surface area contributed by atoms with Gasteiger partial charge in [-0.1, -0.05) is 5.21 Å². The third kappa shape index (κ3) is 2.79. The van der Waals surface area contributed by atoms with Crippen LogP contribution in [0.15, 0.2) is 26.5 Å². The molecule has 9 heteroatoms. The maximum absolute atomic E-state index is 9.39. The fraction of sp³-hybridized carbons (Fsp3) is 0.273. The molecule has 0 aliphatic carbocycles. The van der Waals surface area contributed by atoms with E-state index in [1.807, 2.05) is 12.1 Å². The van der Waals surface area contributed by atoms with Crippen molar-refractivity contribution in [2.75, 3.05) is 0 Å². The van der Waals surface area contributed by atoms with Crippen LogP contribution in [0.5, 0.6) is 0 Å². The number of aliphatic hydroxyl groups excluding tert-OH is 1. The average molecular weight is 356 g/mol. The summed E-state index contributed by atoms with van der Waals surface area (Å²) in [5, 5.41) is 25.1. The fourth-order valence-corrected chi connectivity index (χ4v) is 2.87. The van der Waals surface area contributed by atoms with E-state index in [0.717, 1.165) is 8.66 Å². The molecule has 0 saturated carbocycles. The van der Waals surface area contributed by atoms with Crippen molar-refractivity contribution in [3.05, 3.63) is 33.7 Å². The summed E-state index contributed by atoms with van der Waals surface area (Å²) in [5.41, 5.74) is 0.506. The minimum atomic E-state index is -0.648. The number of rotatable bonds is 4. The van der Waals surface area contributed by atoms with E-state index >= 15 is 0 Å². The highest BCUT2D eigenvalue weighted by Gasteiger charge is 2.12. The van der Waals surface area contributed by atoms with E-state index < -0.39 is 6.10 Å². The molecule has 3 rings (SSSR count). The van der Waals surface area contributed by atoms with Crippen LogP contribution in [0.4, 0.5) is 0 Å². The first kappa shape index (κ1) is 13.4. The molecule has 104 valence electrons. The lowest BCUT2D eigenvalue weighted by Crippen LogP contribution is -2.00. The average Bonchev–Trinajstić information content (AvgIpc) is 3.09. The Balaban J connectivity index is 1.76. The Kier molecular flexibility index (Phi) is 3.64. The van der Waals surface area contributed by atoms with Gasteiger partial charge in [0.25, 0.3) is 5.89 Å². The van der Waals surface area contributed by atoms with Crippen molar-refractivity contribution in [3.63, 3.8) is 0 Å². The van der Waals surface area contributed by atoms with Crippen LogP contribution in [0.3, 0.4) is 0 Å². The van der Waals surface area contributed by atoms with E-state index in [1.54, 1.807) is 17.8 Å². The standard InChI is InChI=1S/C11H10BrN5O2S/c1-6(18)7-4-17(16-13-7)5-10-14-15-11(19-10)8-2-3-9(12)20-8/h2-4,6,18H,5H2,1H3. The molecule has 3 aromatic rings. The van der Waals surface area contributed by atoms with Crippen molar-refractivity contribution in [1.82, 2.24) is 25.2 Å². The highest BCUT2D eigenvalue weighted by Crippen LogP contribution is 2.30. The SMILES string of the molecule is CC(O)c1cn(Cc2nnc(-c3ccc(Br)s3)o2)nn1. The first-order chi connectivity index (χ1) is 9.61. The topological polar surface area (TPSA) is 89.9 Å². The van der Waals surface area contributed by atoms with Crippen LogP contribution < -0.4 is 0 Å². The van der Waals surface area contributed by atoms with Gasteiger partial charge in [-0.2, -0.15) is 0 Å². The Labute approximate surface area is 126 Å². The van der Waals surface area contributed by atoms with E-state index in [2.05, 4.69) is 36.4 Å². The van der Waals surface area contributed by atoms with Crippen molar-refractivity contribution in [2.24, 2.45) is 0 Å². The fourth-order valence-electron chi connectivity index (χ4n) is 1.57. The molecule has 7 nitrogen and oxygen atoms in total. The van der Waals surface area contributed by atoms with Gasteiger partial charge < -0.3 is 9.52 Å². The first-order valence-corrected chi connectivity index (χ1v) is 7.39. The molecule has 0 aliphatic heterocycles. The summed E-state index contributed by atoms with van der Waals surface area (Å²) in [5.74, 6) is 0.915. The Morgan fingerprint density at radius 3 is 2.90 bits per heavy atom. The summed E-state index contributed by atoms with van der Waals surface area (Å²) in [6.45, 7) is 1.95. The molecule has 3 aromatic heterocycles. The van der Waals surface area contributed by atoms with Gasteiger partial charge >= 0.3 is 0 Å². The number of hydrogen-bond acceptors (Lipinski definition) is 7. The number of nitrogens with zero attached hydrogens (tertiary/aromatic N) is 5. The molecule has 0 radical (unpaired) electrons. The molecular formula is C11H10BrN5O2S. The molecule has 1 unspecified atom stereocenters. The Hall–Kier alpha value is -1.58. The number of aromatic nitrogens is 5. The lowest BCUT2D eigenvalue weighted by Gasteiger charge is -1.95. The van der Waals surface area contributed by atoms with Crippen LogP contribution in [0, 0.1) is 0 Å². The summed E-state index contributed by atoms with van der Waals surface area (Å²) in [7, 11) is 0. The molecule has 0 bridgehead atoms. The second-order valence-electron chi connectivity index (χ2n) is 4.12. The van der Waals surface area contributed by atoms with E-state index in [0.29, 0.717) is 24.0 Å². The van der Waals surface area contributed by atoms with Crippen LogP contribution in [0.1, 0.15) is 24.6 Å². The summed E-state index contributed by atoms with van der Waals surface area (Å²) >= 11 is 4.91. The first-order valence-electron chi connectivity index (χ1n) is 5.78. The van der Waals surface area contributed by atoms with Crippen LogP contribution >= 0.6 is 27.3 Å². The highest BCUT2D eigenvalue weighted by atomic mass is 79.9. The molecule has 0 aromatic carbocycles. The minimum Gasteiger partial charge on any atom is -0.418 e. The quantitative estimate of drug-likeness (QED) is 0.771. The molecule has 0 aliphatic rings. The molecule has 1 N–H and O–H groups in total. The molecular weight excluding hydrogens is 346 g/mol. The zero-order chi connectivity index (χ0) is 14.1. The lowest BCUT2D eigenvalue weighted by atomic mass is 10.3. The van der Waals surface area contributed by atoms with Gasteiger partial charge in [0.05, 0.1) is 21.0 Å². The summed E-state index contributed by atoms with van der Waals surface area (Å²) < 4.78 is 8.12. The number of hydrogen-bond donors (Lipinski definition) is 1. The van der Waals surface area contributed by atoms with Crippen molar-refractivity contribution >= 4 is 27.3 Å². The van der Waals surface area contributed by atoms with Crippen LogP contribution in [0.2, 0.25) is 0 Å². The van der Waals surface area contributed by atoms with Crippen molar-refractivity contribution in [2.45, 2.75) is 19.6 Å². The minimum absolute atomic E-state index is 0.319. The van der Waals surface area contributed by atoms with Gasteiger partial charge in [-0.15, -0.1) is 26.6 Å². The number of aliphatic hydroxyl groups is 1. The second kappa shape index (κ2) is 5.43. The second-order valence-corrected chi connectivity index (χ2v) is 6.58. The van der Waals surface area contributed by atoms with E-state index in [4.69, 9.17) is 4.42 Å². The highest BCUT2D eigenvalue weighted by molar-refractivity contribution is 9.11. The molecule has 20 heavy (non-hydrogen) atoms. The molecule has 0 amide bonds. The van der Waals surface area contributed by atoms with Crippen molar-refractivity contribution in [1.29, 1.82) is 0 Å². The Bertz CT molecular complexity index is 720. The number of halogens is 1. The zero-order valence-corrected chi connectivity index (χ0v) is 12.8. The number of thiophene rings is 1. The Morgan fingerprint density at radius 2 is 2.25 bits per heavy atom. The Morgan fingerprint density at radius 1 is 1.40 bits per heavy atom. The van der Waals surface area contributed by atoms with E-state index in [-0.39, 0.29) is 0 Å². The molecule has 0 spiro atoms. The van der Waals surface area contributed by atoms with Crippen LogP contribution in [-0.2, 0) is 6.54 Å². The van der Waals surface area contributed by atoms with Gasteiger partial charge in [-0.3, -0.25) is 0 Å². The van der Waals surface area contributed by atoms with Crippen molar-refractivity contribution < 1.29 is 9.52 Å². The molecule has 0 saturated heterocycles. The van der Waals surface area contributed by atoms with E-state index in [9.17, 15) is 5.11 Å². The van der Waals surface area contributed by atoms with Gasteiger partial charge in [-0.05, 0) is 35.0 Å². The maximum atomic E-state index is 9.39. The maximum Gasteiger partial charge on any atom is 0.257 e. The predicted octanol–water partition coefficient (Wildman–Crippen LogP) is 2.25. The summed E-state index contributed by atoms with van der Waals surface area (Å²) in [4.78, 5) is 0.902. The predicted molar refractivity (Wildman–Crippen MR) is 75.1 cm³/mol. The van der Waals surface area contributed by atoms with Gasteiger partial charge in [0.15, 0.2) is 0 Å². The normalized spacial score (nSPS) is 12.8. The van der Waals surface area contributed by atoms with Gasteiger partial charge in [0.1, 0.15) is 12.2 Å². The van der Waals surface area contributed by atoms with E-state index in [1.165, 1.54) is 11.3 Å². The van der Waals surface area contributed by atoms with Crippen LogP contribution in [-0.4, -0.2) is 30.3 Å². The smallest absolute Gasteiger partial charge is 0.257 e. The zero-order valence-electron chi connectivity index (χ0n) is 10.4. The largest absolute Gasteiger partial charge is 0.418 e. The van der Waals surface area contributed by atoms with Crippen molar-refractivity contribution in [3.8, 4) is 10.8 Å². The van der Waals surface area contributed by atoms with Gasteiger partial charge in [0.2, 0.25) is 5.89 Å². The molecule has 0 fully saturated rings. The van der Waals surface area contributed by atoms with Gasteiger partial charge in [0, 0.05) is 0 Å². The third-order valence-electron chi connectivity index (χ3n) is 2.53. The molecule has 1 atom stereocenters. The summed E-state index contributed by atoms with van der Waals surface area (Å²) in [6, 6.07) is 3.84. The van der Waals surface area contributed by atoms with Crippen LogP contribution in [0.25, 0.3) is 10.8 Å².